The van der Waals surface area contributed by atoms with Crippen LogP contribution in [0.1, 0.15) is 120 Å². The fraction of sp³-hybridized carbons (Fsp3) is 0.600. The van der Waals surface area contributed by atoms with E-state index in [1.807, 2.05) is 69.3 Å². The number of fused-ring (bicyclic) bond motifs is 3. The fourth-order valence-electron chi connectivity index (χ4n) is 11.9. The van der Waals surface area contributed by atoms with Gasteiger partial charge in [0.2, 0.25) is 5.79 Å². The zero-order valence-electron chi connectivity index (χ0n) is 45.5. The normalized spacial score (nSPS) is 34.3. The molecule has 73 heavy (non-hydrogen) atoms. The number of piperidine rings is 1. The third kappa shape index (κ3) is 13.9. The van der Waals surface area contributed by atoms with Crippen LogP contribution in [0, 0.1) is 35.0 Å². The van der Waals surface area contributed by atoms with Crippen molar-refractivity contribution >= 4 is 42.9 Å². The topological polar surface area (TPSA) is 147 Å². The lowest BCUT2D eigenvalue weighted by Crippen LogP contribution is -2.64. The van der Waals surface area contributed by atoms with Crippen LogP contribution < -0.4 is 10.4 Å². The van der Waals surface area contributed by atoms with Gasteiger partial charge in [-0.05, 0) is 111 Å². The second-order valence-electron chi connectivity index (χ2n) is 22.6. The van der Waals surface area contributed by atoms with E-state index in [9.17, 15) is 19.5 Å². The predicted molar refractivity (Wildman–Crippen MR) is 286 cm³/mol. The highest BCUT2D eigenvalue weighted by molar-refractivity contribution is 6.80. The van der Waals surface area contributed by atoms with E-state index in [1.165, 1.54) is 4.90 Å². The Bertz CT molecular complexity index is 2250. The van der Waals surface area contributed by atoms with E-state index in [2.05, 4.69) is 64.6 Å². The number of carbonyl (C=O) groups is 4. The van der Waals surface area contributed by atoms with Crippen LogP contribution in [0.3, 0.4) is 0 Å². The molecule has 3 aliphatic heterocycles. The summed E-state index contributed by atoms with van der Waals surface area (Å²) < 4.78 is 39.0. The minimum atomic E-state index is -2.52. The van der Waals surface area contributed by atoms with Gasteiger partial charge in [0.25, 0.3) is 20.7 Å². The molecule has 2 saturated heterocycles. The first-order valence-corrected chi connectivity index (χ1v) is 28.0. The maximum absolute atomic E-state index is 15.0. The van der Waals surface area contributed by atoms with Crippen molar-refractivity contribution in [2.24, 2.45) is 35.0 Å². The maximum Gasteiger partial charge on any atom is 0.329 e. The second kappa shape index (κ2) is 25.5. The molecule has 1 N–H and O–H groups in total. The van der Waals surface area contributed by atoms with Crippen LogP contribution in [0.15, 0.2) is 109 Å². The Morgan fingerprint density at radius 1 is 0.890 bits per heavy atom. The lowest BCUT2D eigenvalue weighted by molar-refractivity contribution is -0.302. The number of rotatable bonds is 11. The number of ketones is 2. The van der Waals surface area contributed by atoms with Gasteiger partial charge in [0.1, 0.15) is 18.2 Å². The number of carbonyl (C=O) groups excluding carboxylic acids is 4. The molecule has 0 spiro atoms. The summed E-state index contributed by atoms with van der Waals surface area (Å²) >= 11 is 0. The first-order valence-electron chi connectivity index (χ1n) is 26.6. The van der Waals surface area contributed by atoms with Crippen molar-refractivity contribution in [2.45, 2.75) is 168 Å². The average Bonchev–Trinajstić information content (AvgIpc) is 3.37. The Balaban J connectivity index is 1.47. The Morgan fingerprint density at radius 2 is 1.51 bits per heavy atom. The highest BCUT2D eigenvalue weighted by Crippen LogP contribution is 2.46. The van der Waals surface area contributed by atoms with E-state index in [0.29, 0.717) is 50.5 Å². The second-order valence-corrected chi connectivity index (χ2v) is 24.6. The van der Waals surface area contributed by atoms with Crippen molar-refractivity contribution in [1.29, 1.82) is 0 Å². The van der Waals surface area contributed by atoms with Gasteiger partial charge in [-0.3, -0.25) is 14.4 Å². The number of benzene rings is 2. The predicted octanol–water partition coefficient (Wildman–Crippen LogP) is 8.69. The number of hydrogen-bond donors (Lipinski definition) is 1. The van der Waals surface area contributed by atoms with Gasteiger partial charge in [0, 0.05) is 52.0 Å². The molecule has 2 aromatic carbocycles. The SMILES string of the molecule is C=CCC1C=C(C)CC(C)CC(OC)C2OC(O)(C(=O)C(=O)N3CCCCC3C(=O)OC(C(C)=CC3(O[Si](c4ccccc4)c4ccccc4)CCC(C(C)(C)C)C(OC)C3)C(C)/C=C\C1=O)C(C)CC2OC. The van der Waals surface area contributed by atoms with Crippen molar-refractivity contribution in [1.82, 2.24) is 4.90 Å². The molecule has 12 nitrogen and oxygen atoms in total. The molecule has 4 aliphatic rings. The highest BCUT2D eigenvalue weighted by atomic mass is 28.3. The third-order valence-corrected chi connectivity index (χ3v) is 18.3. The van der Waals surface area contributed by atoms with Gasteiger partial charge >= 0.3 is 5.97 Å². The van der Waals surface area contributed by atoms with E-state index < -0.39 is 86.3 Å². The molecule has 3 heterocycles. The molecule has 1 amide bonds. The van der Waals surface area contributed by atoms with E-state index in [1.54, 1.807) is 40.4 Å². The largest absolute Gasteiger partial charge is 0.456 e. The quantitative estimate of drug-likeness (QED) is 0.0999. The molecule has 399 valence electrons. The first-order chi connectivity index (χ1) is 34.7. The number of esters is 1. The number of Topliss-reactive ketones (excluding diaryl/α,β-unsaturated/α-hetero) is 1. The smallest absolute Gasteiger partial charge is 0.329 e. The third-order valence-electron chi connectivity index (χ3n) is 15.9. The summed E-state index contributed by atoms with van der Waals surface area (Å²) in [4.78, 5) is 59.8. The van der Waals surface area contributed by atoms with Crippen LogP contribution in [-0.2, 0) is 47.3 Å². The molecule has 2 aromatic rings. The van der Waals surface area contributed by atoms with Crippen molar-refractivity contribution < 1.29 is 52.4 Å². The molecule has 1 saturated carbocycles. The Morgan fingerprint density at radius 3 is 2.10 bits per heavy atom. The van der Waals surface area contributed by atoms with Crippen LogP contribution >= 0.6 is 0 Å². The van der Waals surface area contributed by atoms with Crippen molar-refractivity contribution in [2.75, 3.05) is 27.9 Å². The highest BCUT2D eigenvalue weighted by Gasteiger charge is 2.57. The first kappa shape index (κ1) is 57.9. The van der Waals surface area contributed by atoms with Crippen LogP contribution in [0.4, 0.5) is 0 Å². The standard InChI is InChI=1S/C60H84NO11Si/c1-13-22-44-34-39(2)33-40(3)35-50(67-10)54-51(68-11)36-43(6)60(66,71-54)55(63)56(64)61-32-21-20-27-48(61)57(65)70-53(41(4)28-29-49(44)62)42(5)37-59(31-30-47(58(7,8)9)52(38-59)69-12)72-73(45-23-16-14-17-24-45)46-25-18-15-19-26-46/h13-19,23-26,28-29,34,37,40-41,43-44,47-48,50-54,66H,1,20-22,27,30-33,35-36,38H2,2-12H3/b29-28-,39-34?,42-37?. The van der Waals surface area contributed by atoms with Crippen LogP contribution in [0.25, 0.3) is 0 Å². The monoisotopic (exact) mass is 1020 g/mol. The Kier molecular flexibility index (Phi) is 20.2. The summed E-state index contributed by atoms with van der Waals surface area (Å²) in [5.41, 5.74) is 0.797. The maximum atomic E-state index is 15.0. The molecular formula is C60H84NO11Si. The van der Waals surface area contributed by atoms with Crippen LogP contribution in [-0.4, -0.2) is 118 Å². The molecule has 6 rings (SSSR count). The minimum absolute atomic E-state index is 0.0246. The average molecular weight is 1020 g/mol. The van der Waals surface area contributed by atoms with Gasteiger partial charge in [0.15, 0.2) is 5.78 Å². The molecule has 3 fully saturated rings. The number of allylic oxidation sites excluding steroid dienone is 4. The summed E-state index contributed by atoms with van der Waals surface area (Å²) in [6.07, 6.45) is 11.3. The number of hydrogen-bond acceptors (Lipinski definition) is 11. The Labute approximate surface area is 437 Å². The molecule has 0 aromatic heterocycles. The van der Waals surface area contributed by atoms with Gasteiger partial charge in [-0.25, -0.2) is 4.79 Å². The number of methoxy groups -OCH3 is 3. The molecule has 1 radical (unpaired) electrons. The number of amides is 1. The van der Waals surface area contributed by atoms with Crippen molar-refractivity contribution in [3.63, 3.8) is 0 Å². The summed E-state index contributed by atoms with van der Waals surface area (Å²) in [6, 6.07) is 19.5. The molecule has 13 atom stereocenters. The molecule has 2 bridgehead atoms. The molecule has 13 heteroatoms. The van der Waals surface area contributed by atoms with E-state index in [-0.39, 0.29) is 48.5 Å². The summed E-state index contributed by atoms with van der Waals surface area (Å²) in [5.74, 6) is -7.06. The number of ether oxygens (including phenoxy) is 5. The summed E-state index contributed by atoms with van der Waals surface area (Å²) in [5, 5.41) is 14.5. The van der Waals surface area contributed by atoms with E-state index in [4.69, 9.17) is 28.1 Å². The van der Waals surface area contributed by atoms with Crippen LogP contribution in [0.2, 0.25) is 0 Å². The summed E-state index contributed by atoms with van der Waals surface area (Å²) in [6.45, 7) is 20.4. The summed E-state index contributed by atoms with van der Waals surface area (Å²) in [7, 11) is 2.99. The zero-order chi connectivity index (χ0) is 53.3. The molecular weight excluding hydrogens is 939 g/mol. The minimum Gasteiger partial charge on any atom is -0.456 e. The van der Waals surface area contributed by atoms with E-state index in [0.717, 1.165) is 22.4 Å². The van der Waals surface area contributed by atoms with Gasteiger partial charge < -0.3 is 38.1 Å². The number of aliphatic hydroxyl groups is 1. The number of nitrogens with zero attached hydrogens (tertiary/aromatic N) is 1. The van der Waals surface area contributed by atoms with Crippen LogP contribution in [0.5, 0.6) is 0 Å². The van der Waals surface area contributed by atoms with E-state index >= 15 is 4.79 Å². The van der Waals surface area contributed by atoms with Gasteiger partial charge in [-0.15, -0.1) is 6.58 Å². The number of cyclic esters (lactones) is 1. The van der Waals surface area contributed by atoms with Crippen molar-refractivity contribution in [3.05, 3.63) is 109 Å². The van der Waals surface area contributed by atoms with Gasteiger partial charge in [-0.1, -0.05) is 132 Å². The van der Waals surface area contributed by atoms with Crippen molar-refractivity contribution in [3.8, 4) is 0 Å². The lowest BCUT2D eigenvalue weighted by atomic mass is 9.66. The lowest BCUT2D eigenvalue weighted by Gasteiger charge is -2.48. The van der Waals surface area contributed by atoms with Gasteiger partial charge in [-0.2, -0.15) is 0 Å². The van der Waals surface area contributed by atoms with Gasteiger partial charge in [0.05, 0.1) is 23.9 Å². The fourth-order valence-corrected chi connectivity index (χ4v) is 14.1. The Hall–Kier alpha value is -4.34. The zero-order valence-corrected chi connectivity index (χ0v) is 46.5. The molecule has 13 unspecified atom stereocenters. The molecule has 1 aliphatic carbocycles.